The first-order valence-electron chi connectivity index (χ1n) is 7.96. The van der Waals surface area contributed by atoms with Crippen molar-refractivity contribution in [2.75, 3.05) is 6.54 Å². The number of nitrogens with one attached hydrogen (secondary N) is 1. The van der Waals surface area contributed by atoms with Crippen molar-refractivity contribution in [1.82, 2.24) is 5.32 Å². The second-order valence-corrected chi connectivity index (χ2v) is 6.31. The molecule has 0 aromatic heterocycles. The Bertz CT molecular complexity index is 531. The molecule has 0 radical (unpaired) electrons. The standard InChI is InChI=1S/C20H27N/c1-16(2)21-15-20(13-18-9-5-4-6-10-18)14-19-11-7-8-17(3)12-19/h4-12,16,20-21H,13-15H2,1-3H3. The number of aryl methyl sites for hydroxylation is 1. The summed E-state index contributed by atoms with van der Waals surface area (Å²) in [4.78, 5) is 0. The van der Waals surface area contributed by atoms with Crippen molar-refractivity contribution >= 4 is 0 Å². The Labute approximate surface area is 129 Å². The third kappa shape index (κ3) is 5.73. The van der Waals surface area contributed by atoms with E-state index in [9.17, 15) is 0 Å². The lowest BCUT2D eigenvalue weighted by Gasteiger charge is -2.20. The van der Waals surface area contributed by atoms with Gasteiger partial charge in [-0.15, -0.1) is 0 Å². The normalized spacial score (nSPS) is 12.6. The molecule has 1 unspecified atom stereocenters. The van der Waals surface area contributed by atoms with Crippen LogP contribution in [0.3, 0.4) is 0 Å². The number of hydrogen-bond acceptors (Lipinski definition) is 1. The van der Waals surface area contributed by atoms with Crippen LogP contribution in [0.25, 0.3) is 0 Å². The van der Waals surface area contributed by atoms with E-state index in [1.54, 1.807) is 0 Å². The molecule has 1 atom stereocenters. The molecule has 0 saturated heterocycles. The molecule has 1 heteroatoms. The van der Waals surface area contributed by atoms with Crippen LogP contribution in [-0.4, -0.2) is 12.6 Å². The van der Waals surface area contributed by atoms with E-state index in [1.165, 1.54) is 16.7 Å². The molecule has 0 spiro atoms. The molecule has 0 aliphatic heterocycles. The van der Waals surface area contributed by atoms with Gasteiger partial charge in [-0.3, -0.25) is 0 Å². The third-order valence-corrected chi connectivity index (χ3v) is 3.79. The molecule has 21 heavy (non-hydrogen) atoms. The number of benzene rings is 2. The van der Waals surface area contributed by atoms with Gasteiger partial charge in [0.2, 0.25) is 0 Å². The maximum Gasteiger partial charge on any atom is 0.00104 e. The van der Waals surface area contributed by atoms with E-state index < -0.39 is 0 Å². The Balaban J connectivity index is 2.04. The zero-order valence-corrected chi connectivity index (χ0v) is 13.5. The lowest BCUT2D eigenvalue weighted by molar-refractivity contribution is 0.444. The third-order valence-electron chi connectivity index (χ3n) is 3.79. The quantitative estimate of drug-likeness (QED) is 0.793. The van der Waals surface area contributed by atoms with Gasteiger partial charge in [-0.2, -0.15) is 0 Å². The van der Waals surface area contributed by atoms with Gasteiger partial charge in [-0.25, -0.2) is 0 Å². The molecule has 1 N–H and O–H groups in total. The molecule has 1 nitrogen and oxygen atoms in total. The molecular weight excluding hydrogens is 254 g/mol. The topological polar surface area (TPSA) is 12.0 Å². The predicted octanol–water partition coefficient (Wildman–Crippen LogP) is 4.39. The largest absolute Gasteiger partial charge is 0.314 e. The Morgan fingerprint density at radius 2 is 1.52 bits per heavy atom. The van der Waals surface area contributed by atoms with Gasteiger partial charge in [0, 0.05) is 6.04 Å². The molecule has 0 aliphatic carbocycles. The summed E-state index contributed by atoms with van der Waals surface area (Å²) in [6, 6.07) is 20.3. The highest BCUT2D eigenvalue weighted by Crippen LogP contribution is 2.15. The molecule has 0 heterocycles. The summed E-state index contributed by atoms with van der Waals surface area (Å²) < 4.78 is 0. The van der Waals surface area contributed by atoms with Crippen LogP contribution in [0.2, 0.25) is 0 Å². The number of rotatable bonds is 7. The summed E-state index contributed by atoms with van der Waals surface area (Å²) in [7, 11) is 0. The van der Waals surface area contributed by atoms with Gasteiger partial charge in [-0.05, 0) is 43.4 Å². The van der Waals surface area contributed by atoms with E-state index in [0.717, 1.165) is 19.4 Å². The average Bonchev–Trinajstić information content (AvgIpc) is 2.46. The van der Waals surface area contributed by atoms with Crippen molar-refractivity contribution in [2.45, 2.75) is 39.7 Å². The number of hydrogen-bond donors (Lipinski definition) is 1. The maximum atomic E-state index is 3.60. The zero-order valence-electron chi connectivity index (χ0n) is 13.5. The van der Waals surface area contributed by atoms with Crippen LogP contribution in [0.1, 0.15) is 30.5 Å². The fourth-order valence-electron chi connectivity index (χ4n) is 2.74. The van der Waals surface area contributed by atoms with E-state index >= 15 is 0 Å². The van der Waals surface area contributed by atoms with Crippen LogP contribution in [0, 0.1) is 12.8 Å². The van der Waals surface area contributed by atoms with Crippen LogP contribution >= 0.6 is 0 Å². The van der Waals surface area contributed by atoms with E-state index in [4.69, 9.17) is 0 Å². The molecular formula is C20H27N. The molecule has 0 fully saturated rings. The van der Waals surface area contributed by atoms with Crippen molar-refractivity contribution in [3.05, 3.63) is 71.3 Å². The van der Waals surface area contributed by atoms with Crippen LogP contribution in [0.4, 0.5) is 0 Å². The Hall–Kier alpha value is -1.60. The Kier molecular flexibility index (Phi) is 6.01. The van der Waals surface area contributed by atoms with Gasteiger partial charge in [0.15, 0.2) is 0 Å². The van der Waals surface area contributed by atoms with Crippen molar-refractivity contribution in [3.63, 3.8) is 0 Å². The highest BCUT2D eigenvalue weighted by atomic mass is 14.9. The summed E-state index contributed by atoms with van der Waals surface area (Å²) in [5.41, 5.74) is 4.23. The van der Waals surface area contributed by atoms with Gasteiger partial charge < -0.3 is 5.32 Å². The van der Waals surface area contributed by atoms with E-state index in [1.807, 2.05) is 0 Å². The molecule has 0 aliphatic rings. The first kappa shape index (κ1) is 15.8. The second-order valence-electron chi connectivity index (χ2n) is 6.31. The van der Waals surface area contributed by atoms with Gasteiger partial charge in [0.05, 0.1) is 0 Å². The van der Waals surface area contributed by atoms with Gasteiger partial charge in [-0.1, -0.05) is 74.0 Å². The highest BCUT2D eigenvalue weighted by molar-refractivity contribution is 5.23. The summed E-state index contributed by atoms with van der Waals surface area (Å²) in [6.45, 7) is 7.67. The van der Waals surface area contributed by atoms with Crippen LogP contribution < -0.4 is 5.32 Å². The van der Waals surface area contributed by atoms with Crippen LogP contribution in [-0.2, 0) is 12.8 Å². The summed E-state index contributed by atoms with van der Waals surface area (Å²) in [5.74, 6) is 0.636. The van der Waals surface area contributed by atoms with Gasteiger partial charge in [0.25, 0.3) is 0 Å². The van der Waals surface area contributed by atoms with Gasteiger partial charge in [0.1, 0.15) is 0 Å². The second kappa shape index (κ2) is 7.99. The van der Waals surface area contributed by atoms with Gasteiger partial charge >= 0.3 is 0 Å². The fraction of sp³-hybridized carbons (Fsp3) is 0.400. The average molecular weight is 281 g/mol. The smallest absolute Gasteiger partial charge is 0.00104 e. The lowest BCUT2D eigenvalue weighted by Crippen LogP contribution is -2.31. The fourth-order valence-corrected chi connectivity index (χ4v) is 2.74. The van der Waals surface area contributed by atoms with Crippen molar-refractivity contribution in [3.8, 4) is 0 Å². The molecule has 0 amide bonds. The predicted molar refractivity (Wildman–Crippen MR) is 91.7 cm³/mol. The summed E-state index contributed by atoms with van der Waals surface area (Å²) in [5, 5.41) is 3.60. The monoisotopic (exact) mass is 281 g/mol. The maximum absolute atomic E-state index is 3.60. The summed E-state index contributed by atoms with van der Waals surface area (Å²) in [6.07, 6.45) is 2.27. The van der Waals surface area contributed by atoms with E-state index in [2.05, 4.69) is 80.7 Å². The molecule has 2 aromatic rings. The minimum atomic E-state index is 0.542. The first-order chi connectivity index (χ1) is 10.1. The molecule has 2 aromatic carbocycles. The lowest BCUT2D eigenvalue weighted by atomic mass is 9.92. The summed E-state index contributed by atoms with van der Waals surface area (Å²) >= 11 is 0. The zero-order chi connectivity index (χ0) is 15.1. The Morgan fingerprint density at radius 3 is 2.19 bits per heavy atom. The first-order valence-corrected chi connectivity index (χ1v) is 7.96. The minimum Gasteiger partial charge on any atom is -0.314 e. The van der Waals surface area contributed by atoms with Crippen molar-refractivity contribution < 1.29 is 0 Å². The molecule has 112 valence electrons. The minimum absolute atomic E-state index is 0.542. The highest BCUT2D eigenvalue weighted by Gasteiger charge is 2.11. The van der Waals surface area contributed by atoms with Crippen LogP contribution in [0.5, 0.6) is 0 Å². The Morgan fingerprint density at radius 1 is 0.857 bits per heavy atom. The molecule has 2 rings (SSSR count). The molecule has 0 saturated carbocycles. The molecule has 0 bridgehead atoms. The van der Waals surface area contributed by atoms with E-state index in [0.29, 0.717) is 12.0 Å². The SMILES string of the molecule is Cc1cccc(CC(CNC(C)C)Cc2ccccc2)c1. The van der Waals surface area contributed by atoms with E-state index in [-0.39, 0.29) is 0 Å². The van der Waals surface area contributed by atoms with Crippen molar-refractivity contribution in [2.24, 2.45) is 5.92 Å². The van der Waals surface area contributed by atoms with Crippen LogP contribution in [0.15, 0.2) is 54.6 Å². The van der Waals surface area contributed by atoms with Crippen molar-refractivity contribution in [1.29, 1.82) is 0 Å².